The van der Waals surface area contributed by atoms with E-state index in [1.807, 2.05) is 0 Å². The molecule has 0 aliphatic carbocycles. The van der Waals surface area contributed by atoms with Crippen LogP contribution in [0.3, 0.4) is 0 Å². The Morgan fingerprint density at radius 3 is 2.00 bits per heavy atom. The molecule has 0 atom stereocenters. The zero-order valence-electron chi connectivity index (χ0n) is 19.1. The molecule has 0 radical (unpaired) electrons. The summed E-state index contributed by atoms with van der Waals surface area (Å²) in [7, 11) is 1.38. The van der Waals surface area contributed by atoms with Crippen molar-refractivity contribution in [2.45, 2.75) is 33.8 Å². The first-order chi connectivity index (χ1) is 15.7. The third kappa shape index (κ3) is 4.18. The van der Waals surface area contributed by atoms with Gasteiger partial charge in [0.1, 0.15) is 22.6 Å². The van der Waals surface area contributed by atoms with E-state index in [4.69, 9.17) is 23.4 Å². The summed E-state index contributed by atoms with van der Waals surface area (Å²) in [5.74, 6) is -0.0536. The molecule has 2 bridgehead atoms. The molecule has 1 aliphatic heterocycles. The van der Waals surface area contributed by atoms with Gasteiger partial charge >= 0.3 is 5.97 Å². The van der Waals surface area contributed by atoms with E-state index < -0.39 is 17.8 Å². The summed E-state index contributed by atoms with van der Waals surface area (Å²) in [5.41, 5.74) is 0.314. The molecule has 0 N–H and O–H groups in total. The quantitative estimate of drug-likeness (QED) is 0.272. The molecule has 0 fully saturated rings. The lowest BCUT2D eigenvalue weighted by Gasteiger charge is -2.12. The minimum atomic E-state index is -0.716. The van der Waals surface area contributed by atoms with E-state index in [0.29, 0.717) is 24.0 Å². The fourth-order valence-corrected chi connectivity index (χ4v) is 3.41. The molecule has 2 aromatic heterocycles. The second-order valence-electron chi connectivity index (χ2n) is 8.44. The highest BCUT2D eigenvalue weighted by Crippen LogP contribution is 2.50. The van der Waals surface area contributed by atoms with Gasteiger partial charge in [0.15, 0.2) is 17.8 Å². The minimum Gasteiger partial charge on any atom is -0.493 e. The van der Waals surface area contributed by atoms with Gasteiger partial charge in [0.25, 0.3) is 11.8 Å². The first-order valence-electron chi connectivity index (χ1n) is 10.6. The van der Waals surface area contributed by atoms with E-state index in [-0.39, 0.29) is 46.5 Å². The van der Waals surface area contributed by atoms with Crippen LogP contribution in [0.4, 0.5) is 0 Å². The van der Waals surface area contributed by atoms with Crippen LogP contribution in [0.25, 0.3) is 11.2 Å². The van der Waals surface area contributed by atoms with Gasteiger partial charge in [-0.2, -0.15) is 0 Å². The summed E-state index contributed by atoms with van der Waals surface area (Å²) in [6.45, 7) is 7.90. The van der Waals surface area contributed by atoms with Gasteiger partial charge < -0.3 is 23.4 Å². The number of furan rings is 2. The lowest BCUT2D eigenvalue weighted by Crippen LogP contribution is -2.24. The van der Waals surface area contributed by atoms with E-state index in [1.165, 1.54) is 7.05 Å². The SMILES string of the molecule is CC(C)COc1ccc(OCC(=O)Oc2c(OC(C)C)c3oc2c2c3C(=O)N(C)C2=O)cc1. The molecule has 0 saturated carbocycles. The average molecular weight is 455 g/mol. The van der Waals surface area contributed by atoms with Crippen molar-refractivity contribution in [2.24, 2.45) is 5.92 Å². The highest BCUT2D eigenvalue weighted by molar-refractivity contribution is 6.29. The summed E-state index contributed by atoms with van der Waals surface area (Å²) < 4.78 is 28.0. The Morgan fingerprint density at radius 2 is 1.45 bits per heavy atom. The number of hydrogen-bond donors (Lipinski definition) is 0. The maximum absolute atomic E-state index is 12.5. The molecule has 9 nitrogen and oxygen atoms in total. The number of nitrogens with zero attached hydrogens (tertiary/aromatic N) is 1. The van der Waals surface area contributed by atoms with Crippen molar-refractivity contribution in [3.05, 3.63) is 35.4 Å². The minimum absolute atomic E-state index is 0.0124. The number of fused-ring (bicyclic) bond motifs is 5. The number of imide groups is 1. The second kappa shape index (κ2) is 8.65. The zero-order valence-corrected chi connectivity index (χ0v) is 19.1. The van der Waals surface area contributed by atoms with E-state index in [0.717, 1.165) is 4.90 Å². The number of rotatable bonds is 9. The molecule has 3 aromatic rings. The first-order valence-corrected chi connectivity index (χ1v) is 10.6. The molecule has 0 unspecified atom stereocenters. The fraction of sp³-hybridized carbons (Fsp3) is 0.375. The molecule has 4 rings (SSSR count). The van der Waals surface area contributed by atoms with Crippen LogP contribution in [0.15, 0.2) is 28.7 Å². The van der Waals surface area contributed by atoms with Crippen molar-refractivity contribution in [1.82, 2.24) is 4.90 Å². The molecule has 9 heteroatoms. The Hall–Kier alpha value is -3.75. The number of ether oxygens (including phenoxy) is 4. The van der Waals surface area contributed by atoms with E-state index in [1.54, 1.807) is 38.1 Å². The standard InChI is InChI=1S/C24H25NO8/c1-12(2)10-29-14-6-8-15(9-7-14)30-11-16(26)32-22-20-18-17(23(27)25(5)24(18)28)19(33-20)21(22)31-13(3)4/h6-9,12-13H,10-11H2,1-5H3. The van der Waals surface area contributed by atoms with Crippen LogP contribution < -0.4 is 18.9 Å². The van der Waals surface area contributed by atoms with Crippen molar-refractivity contribution < 1.29 is 37.7 Å². The average Bonchev–Trinajstić information content (AvgIpc) is 3.38. The lowest BCUT2D eigenvalue weighted by atomic mass is 10.1. The van der Waals surface area contributed by atoms with Gasteiger partial charge in [0, 0.05) is 7.05 Å². The molecule has 33 heavy (non-hydrogen) atoms. The Balaban J connectivity index is 1.48. The molecule has 174 valence electrons. The number of benzene rings is 2. The Bertz CT molecular complexity index is 1190. The van der Waals surface area contributed by atoms with Crippen molar-refractivity contribution >= 4 is 28.9 Å². The number of amides is 2. The monoisotopic (exact) mass is 455 g/mol. The molecule has 1 aliphatic rings. The molecule has 0 spiro atoms. The Kier molecular flexibility index (Phi) is 5.88. The third-order valence-electron chi connectivity index (χ3n) is 4.90. The molecule has 1 aromatic carbocycles. The molecule has 2 amide bonds. The van der Waals surface area contributed by atoms with Crippen molar-refractivity contribution in [3.8, 4) is 23.0 Å². The van der Waals surface area contributed by atoms with E-state index in [9.17, 15) is 14.4 Å². The highest BCUT2D eigenvalue weighted by atomic mass is 16.6. The normalized spacial score (nSPS) is 13.4. The van der Waals surface area contributed by atoms with Gasteiger partial charge in [0.05, 0.1) is 12.7 Å². The van der Waals surface area contributed by atoms with Crippen LogP contribution in [0.2, 0.25) is 0 Å². The van der Waals surface area contributed by atoms with Gasteiger partial charge in [-0.15, -0.1) is 0 Å². The number of carbonyl (C=O) groups excluding carboxylic acids is 3. The van der Waals surface area contributed by atoms with Gasteiger partial charge in [-0.3, -0.25) is 14.5 Å². The molecular weight excluding hydrogens is 430 g/mol. The summed E-state index contributed by atoms with van der Waals surface area (Å²) in [5, 5.41) is 0. The van der Waals surface area contributed by atoms with Crippen LogP contribution in [-0.4, -0.2) is 49.0 Å². The van der Waals surface area contributed by atoms with Crippen molar-refractivity contribution in [2.75, 3.05) is 20.3 Å². The zero-order chi connectivity index (χ0) is 23.9. The molecule has 0 saturated heterocycles. The van der Waals surface area contributed by atoms with E-state index >= 15 is 0 Å². The summed E-state index contributed by atoms with van der Waals surface area (Å²) in [6, 6.07) is 6.89. The highest BCUT2D eigenvalue weighted by Gasteiger charge is 2.45. The summed E-state index contributed by atoms with van der Waals surface area (Å²) in [4.78, 5) is 38.4. The van der Waals surface area contributed by atoms with Crippen LogP contribution >= 0.6 is 0 Å². The third-order valence-corrected chi connectivity index (χ3v) is 4.90. The summed E-state index contributed by atoms with van der Waals surface area (Å²) in [6.07, 6.45) is -0.286. The predicted molar refractivity (Wildman–Crippen MR) is 117 cm³/mol. The smallest absolute Gasteiger partial charge is 0.349 e. The Labute approximate surface area is 190 Å². The number of esters is 1. The van der Waals surface area contributed by atoms with E-state index in [2.05, 4.69) is 13.8 Å². The molecular formula is C24H25NO8. The predicted octanol–water partition coefficient (Wildman–Crippen LogP) is 3.90. The fourth-order valence-electron chi connectivity index (χ4n) is 3.41. The second-order valence-corrected chi connectivity index (χ2v) is 8.44. The molecule has 3 heterocycles. The van der Waals surface area contributed by atoms with Gasteiger partial charge in [-0.1, -0.05) is 13.8 Å². The van der Waals surface area contributed by atoms with Crippen molar-refractivity contribution in [1.29, 1.82) is 0 Å². The maximum atomic E-state index is 12.5. The van der Waals surface area contributed by atoms with Crippen molar-refractivity contribution in [3.63, 3.8) is 0 Å². The van der Waals surface area contributed by atoms with Gasteiger partial charge in [0.2, 0.25) is 11.5 Å². The largest absolute Gasteiger partial charge is 0.493 e. The van der Waals surface area contributed by atoms with Crippen LogP contribution in [0.5, 0.6) is 23.0 Å². The number of hydrogen-bond acceptors (Lipinski definition) is 8. The maximum Gasteiger partial charge on any atom is 0.349 e. The van der Waals surface area contributed by atoms with Crippen LogP contribution in [0, 0.1) is 5.92 Å². The topological polar surface area (TPSA) is 105 Å². The number of carbonyl (C=O) groups is 3. The summed E-state index contributed by atoms with van der Waals surface area (Å²) >= 11 is 0. The first kappa shape index (κ1) is 22.4. The Morgan fingerprint density at radius 1 is 0.909 bits per heavy atom. The van der Waals surface area contributed by atoms with Crippen LogP contribution in [0.1, 0.15) is 48.4 Å². The van der Waals surface area contributed by atoms with Crippen LogP contribution in [-0.2, 0) is 4.79 Å². The van der Waals surface area contributed by atoms with Gasteiger partial charge in [-0.05, 0) is 44.0 Å². The lowest BCUT2D eigenvalue weighted by molar-refractivity contribution is -0.136. The van der Waals surface area contributed by atoms with Gasteiger partial charge in [-0.25, -0.2) is 4.79 Å².